The Morgan fingerprint density at radius 1 is 1.16 bits per heavy atom. The molecule has 2 aliphatic heterocycles. The van der Waals surface area contributed by atoms with Gasteiger partial charge >= 0.3 is 0 Å². The van der Waals surface area contributed by atoms with E-state index in [1.807, 2.05) is 0 Å². The van der Waals surface area contributed by atoms with E-state index in [9.17, 15) is 4.79 Å². The van der Waals surface area contributed by atoms with Crippen LogP contribution in [0, 0.1) is 5.41 Å². The van der Waals surface area contributed by atoms with Crippen LogP contribution in [0.3, 0.4) is 0 Å². The molecule has 0 aromatic heterocycles. The topological polar surface area (TPSA) is 20.3 Å². The number of fused-ring (bicyclic) bond motifs is 1. The second-order valence-corrected chi connectivity index (χ2v) is 6.76. The fourth-order valence-electron chi connectivity index (χ4n) is 5.04. The molecule has 0 bridgehead atoms. The van der Waals surface area contributed by atoms with E-state index < -0.39 is 0 Å². The molecule has 0 N–H and O–H groups in total. The summed E-state index contributed by atoms with van der Waals surface area (Å²) in [5.74, 6) is 0.388. The molecule has 3 aliphatic rings. The Kier molecular flexibility index (Phi) is 2.19. The van der Waals surface area contributed by atoms with Crippen LogP contribution in [0.4, 0.5) is 0 Å². The minimum absolute atomic E-state index is 0.0111. The van der Waals surface area contributed by atoms with Gasteiger partial charge in [0.05, 0.1) is 5.54 Å². The smallest absolute Gasteiger partial charge is 0.223 e. The van der Waals surface area contributed by atoms with Gasteiger partial charge in [-0.05, 0) is 30.4 Å². The molecule has 2 fully saturated rings. The van der Waals surface area contributed by atoms with Crippen LogP contribution >= 0.6 is 0 Å². The van der Waals surface area contributed by atoms with E-state index >= 15 is 0 Å². The zero-order valence-electron chi connectivity index (χ0n) is 11.6. The maximum Gasteiger partial charge on any atom is 0.223 e. The van der Waals surface area contributed by atoms with Crippen molar-refractivity contribution < 1.29 is 4.79 Å². The first-order valence-corrected chi connectivity index (χ1v) is 7.56. The number of nitrogens with zero attached hydrogens (tertiary/aromatic N) is 1. The van der Waals surface area contributed by atoms with Gasteiger partial charge in [-0.15, -0.1) is 0 Å². The maximum atomic E-state index is 12.5. The Bertz CT molecular complexity index is 552. The molecule has 1 aromatic rings. The van der Waals surface area contributed by atoms with Crippen molar-refractivity contribution in [1.29, 1.82) is 0 Å². The third-order valence-electron chi connectivity index (χ3n) is 5.89. The summed E-state index contributed by atoms with van der Waals surface area (Å²) in [6.07, 6.45) is 6.67. The molecule has 2 heterocycles. The molecule has 1 saturated heterocycles. The average Bonchev–Trinajstić information content (AvgIpc) is 2.66. The van der Waals surface area contributed by atoms with Gasteiger partial charge in [0.2, 0.25) is 5.91 Å². The molecule has 2 nitrogen and oxygen atoms in total. The summed E-state index contributed by atoms with van der Waals surface area (Å²) < 4.78 is 0. The standard InChI is InChI=1S/C17H21NO/c1-16-9-4-5-10-17(16)14-7-3-2-6-13(14)8-11-18(17)15(19)12-16/h2-3,6-7H,4-5,8-12H2,1H3/t16-,17-/m1/s1. The van der Waals surface area contributed by atoms with E-state index in [4.69, 9.17) is 0 Å². The highest BCUT2D eigenvalue weighted by Crippen LogP contribution is 2.61. The first-order chi connectivity index (χ1) is 9.17. The fourth-order valence-corrected chi connectivity index (χ4v) is 5.04. The van der Waals surface area contributed by atoms with E-state index in [-0.39, 0.29) is 11.0 Å². The monoisotopic (exact) mass is 255 g/mol. The van der Waals surface area contributed by atoms with E-state index in [2.05, 4.69) is 36.1 Å². The Labute approximate surface area is 114 Å². The Balaban J connectivity index is 1.98. The second-order valence-electron chi connectivity index (χ2n) is 6.76. The summed E-state index contributed by atoms with van der Waals surface area (Å²) in [6.45, 7) is 3.28. The molecular weight excluding hydrogens is 234 g/mol. The van der Waals surface area contributed by atoms with Crippen molar-refractivity contribution in [3.8, 4) is 0 Å². The average molecular weight is 255 g/mol. The van der Waals surface area contributed by atoms with Gasteiger partial charge in [-0.3, -0.25) is 4.79 Å². The number of carbonyl (C=O) groups is 1. The van der Waals surface area contributed by atoms with Crippen molar-refractivity contribution in [2.75, 3.05) is 6.54 Å². The molecule has 100 valence electrons. The highest BCUT2D eigenvalue weighted by molar-refractivity contribution is 5.82. The lowest BCUT2D eigenvalue weighted by atomic mass is 9.58. The van der Waals surface area contributed by atoms with Gasteiger partial charge in [-0.25, -0.2) is 0 Å². The number of rotatable bonds is 0. The Morgan fingerprint density at radius 3 is 2.84 bits per heavy atom. The predicted molar refractivity (Wildman–Crippen MR) is 74.7 cm³/mol. The van der Waals surface area contributed by atoms with Gasteiger partial charge in [0.15, 0.2) is 0 Å². The maximum absolute atomic E-state index is 12.5. The highest BCUT2D eigenvalue weighted by Gasteiger charge is 2.62. The first kappa shape index (κ1) is 11.5. The molecule has 1 aromatic carbocycles. The molecule has 1 amide bonds. The molecule has 2 atom stereocenters. The van der Waals surface area contributed by atoms with Crippen LogP contribution in [0.1, 0.15) is 50.2 Å². The van der Waals surface area contributed by atoms with Crippen LogP contribution in [0.5, 0.6) is 0 Å². The molecule has 1 spiro atoms. The number of carbonyl (C=O) groups excluding carboxylic acids is 1. The van der Waals surface area contributed by atoms with Gasteiger partial charge in [-0.2, -0.15) is 0 Å². The second kappa shape index (κ2) is 3.62. The van der Waals surface area contributed by atoms with E-state index in [0.717, 1.165) is 25.8 Å². The van der Waals surface area contributed by atoms with E-state index in [1.54, 1.807) is 0 Å². The van der Waals surface area contributed by atoms with Gasteiger partial charge in [0.1, 0.15) is 0 Å². The van der Waals surface area contributed by atoms with Crippen LogP contribution < -0.4 is 0 Å². The van der Waals surface area contributed by atoms with Crippen LogP contribution in [0.15, 0.2) is 24.3 Å². The SMILES string of the molecule is C[C@]12CCCC[C@@]13c1ccccc1CCN3C(=O)C2. The predicted octanol–water partition coefficient (Wildman–Crippen LogP) is 3.25. The van der Waals surface area contributed by atoms with Crippen LogP contribution in [-0.2, 0) is 16.8 Å². The van der Waals surface area contributed by atoms with Crippen LogP contribution in [0.25, 0.3) is 0 Å². The zero-order chi connectivity index (χ0) is 13.1. The molecule has 0 unspecified atom stereocenters. The van der Waals surface area contributed by atoms with Gasteiger partial charge in [-0.1, -0.05) is 44.0 Å². The molecule has 4 rings (SSSR count). The number of benzene rings is 1. The summed E-state index contributed by atoms with van der Waals surface area (Å²) in [7, 11) is 0. The van der Waals surface area contributed by atoms with Crippen LogP contribution in [0.2, 0.25) is 0 Å². The van der Waals surface area contributed by atoms with Crippen molar-refractivity contribution in [2.45, 2.75) is 51.0 Å². The number of amides is 1. The lowest BCUT2D eigenvalue weighted by Crippen LogP contribution is -2.55. The summed E-state index contributed by atoms with van der Waals surface area (Å²) in [4.78, 5) is 14.7. The lowest BCUT2D eigenvalue weighted by molar-refractivity contribution is -0.133. The quantitative estimate of drug-likeness (QED) is 0.697. The molecule has 1 aliphatic carbocycles. The highest BCUT2D eigenvalue weighted by atomic mass is 16.2. The fraction of sp³-hybridized carbons (Fsp3) is 0.588. The summed E-state index contributed by atoms with van der Waals surface area (Å²) in [6, 6.07) is 8.83. The molecule has 2 heteroatoms. The minimum Gasteiger partial charge on any atom is -0.332 e. The first-order valence-electron chi connectivity index (χ1n) is 7.56. The summed E-state index contributed by atoms with van der Waals surface area (Å²) >= 11 is 0. The van der Waals surface area contributed by atoms with Gasteiger partial charge in [0.25, 0.3) is 0 Å². The van der Waals surface area contributed by atoms with E-state index in [0.29, 0.717) is 5.91 Å². The van der Waals surface area contributed by atoms with Crippen molar-refractivity contribution >= 4 is 5.91 Å². The zero-order valence-corrected chi connectivity index (χ0v) is 11.6. The molecular formula is C17H21NO. The van der Waals surface area contributed by atoms with Crippen molar-refractivity contribution in [1.82, 2.24) is 4.90 Å². The summed E-state index contributed by atoms with van der Waals surface area (Å²) in [5, 5.41) is 0. The molecule has 1 saturated carbocycles. The van der Waals surface area contributed by atoms with Crippen molar-refractivity contribution in [3.63, 3.8) is 0 Å². The van der Waals surface area contributed by atoms with Gasteiger partial charge in [0, 0.05) is 18.4 Å². The van der Waals surface area contributed by atoms with E-state index in [1.165, 1.54) is 30.4 Å². The molecule has 0 radical (unpaired) electrons. The normalized spacial score (nSPS) is 36.7. The third kappa shape index (κ3) is 1.25. The number of hydrogen-bond acceptors (Lipinski definition) is 1. The largest absolute Gasteiger partial charge is 0.332 e. The Morgan fingerprint density at radius 2 is 1.95 bits per heavy atom. The third-order valence-corrected chi connectivity index (χ3v) is 5.89. The minimum atomic E-state index is 0.0111. The number of hydrogen-bond donors (Lipinski definition) is 0. The van der Waals surface area contributed by atoms with Crippen LogP contribution in [-0.4, -0.2) is 17.4 Å². The molecule has 19 heavy (non-hydrogen) atoms. The lowest BCUT2D eigenvalue weighted by Gasteiger charge is -2.54. The summed E-state index contributed by atoms with van der Waals surface area (Å²) in [5.41, 5.74) is 3.09. The van der Waals surface area contributed by atoms with Gasteiger partial charge < -0.3 is 4.90 Å². The Hall–Kier alpha value is -1.31. The van der Waals surface area contributed by atoms with Crippen molar-refractivity contribution in [3.05, 3.63) is 35.4 Å². The van der Waals surface area contributed by atoms with Crippen molar-refractivity contribution in [2.24, 2.45) is 5.41 Å².